The monoisotopic (exact) mass is 212 g/mol. The average Bonchev–Trinajstić information content (AvgIpc) is 2.76. The van der Waals surface area contributed by atoms with Crippen molar-refractivity contribution in [3.8, 4) is 17.0 Å². The summed E-state index contributed by atoms with van der Waals surface area (Å²) in [5, 5.41) is 9.43. The van der Waals surface area contributed by atoms with Crippen LogP contribution in [0.2, 0.25) is 0 Å². The van der Waals surface area contributed by atoms with Gasteiger partial charge >= 0.3 is 0 Å². The first kappa shape index (κ1) is 8.84. The minimum atomic E-state index is 0.212. The average molecular weight is 212 g/mol. The quantitative estimate of drug-likeness (QED) is 0.644. The van der Waals surface area contributed by atoms with E-state index in [0.717, 1.165) is 16.8 Å². The highest BCUT2D eigenvalue weighted by Gasteiger charge is 2.08. The van der Waals surface area contributed by atoms with Gasteiger partial charge in [0, 0.05) is 5.56 Å². The summed E-state index contributed by atoms with van der Waals surface area (Å²) < 4.78 is 0. The SMILES string of the molecule is Oc1cccc(-c2ncnc3nc[nH]c23)c1. The topological polar surface area (TPSA) is 74.7 Å². The van der Waals surface area contributed by atoms with Crippen molar-refractivity contribution in [1.82, 2.24) is 19.9 Å². The van der Waals surface area contributed by atoms with E-state index >= 15 is 0 Å². The maximum atomic E-state index is 9.43. The molecule has 0 aliphatic heterocycles. The zero-order chi connectivity index (χ0) is 11.0. The molecule has 0 unspecified atom stereocenters. The van der Waals surface area contributed by atoms with Gasteiger partial charge in [-0.05, 0) is 12.1 Å². The van der Waals surface area contributed by atoms with Gasteiger partial charge in [-0.2, -0.15) is 0 Å². The standard InChI is InChI=1S/C11H8N4O/c16-8-3-1-2-7(4-8)9-10-11(14-5-12-9)15-6-13-10/h1-6,16H,(H,12,13,14,15). The first-order valence-electron chi connectivity index (χ1n) is 4.78. The molecule has 2 heterocycles. The van der Waals surface area contributed by atoms with Crippen molar-refractivity contribution in [3.63, 3.8) is 0 Å². The molecular weight excluding hydrogens is 204 g/mol. The molecular formula is C11H8N4O. The number of imidazole rings is 1. The van der Waals surface area contributed by atoms with Crippen molar-refractivity contribution in [2.24, 2.45) is 0 Å². The summed E-state index contributed by atoms with van der Waals surface area (Å²) in [5.74, 6) is 0.212. The maximum absolute atomic E-state index is 9.43. The fourth-order valence-electron chi connectivity index (χ4n) is 1.64. The number of hydrogen-bond acceptors (Lipinski definition) is 4. The zero-order valence-electron chi connectivity index (χ0n) is 8.25. The first-order chi connectivity index (χ1) is 7.84. The Balaban J connectivity index is 2.29. The number of H-pyrrole nitrogens is 1. The van der Waals surface area contributed by atoms with Crippen molar-refractivity contribution in [2.75, 3.05) is 0 Å². The number of benzene rings is 1. The molecule has 2 N–H and O–H groups in total. The van der Waals surface area contributed by atoms with Gasteiger partial charge in [-0.3, -0.25) is 0 Å². The summed E-state index contributed by atoms with van der Waals surface area (Å²) in [6.45, 7) is 0. The lowest BCUT2D eigenvalue weighted by atomic mass is 10.1. The minimum absolute atomic E-state index is 0.212. The third-order valence-electron chi connectivity index (χ3n) is 2.34. The van der Waals surface area contributed by atoms with Crippen LogP contribution in [0.25, 0.3) is 22.4 Å². The zero-order valence-corrected chi connectivity index (χ0v) is 8.25. The minimum Gasteiger partial charge on any atom is -0.508 e. The molecule has 5 nitrogen and oxygen atoms in total. The molecule has 3 rings (SSSR count). The number of aromatic amines is 1. The van der Waals surface area contributed by atoms with Gasteiger partial charge in [0.15, 0.2) is 5.65 Å². The van der Waals surface area contributed by atoms with Crippen LogP contribution in [0.4, 0.5) is 0 Å². The molecule has 0 aliphatic carbocycles. The first-order valence-corrected chi connectivity index (χ1v) is 4.78. The molecule has 1 aromatic carbocycles. The second kappa shape index (κ2) is 3.30. The molecule has 0 radical (unpaired) electrons. The Kier molecular flexibility index (Phi) is 1.83. The van der Waals surface area contributed by atoms with Crippen molar-refractivity contribution >= 4 is 11.2 Å². The van der Waals surface area contributed by atoms with Crippen molar-refractivity contribution < 1.29 is 5.11 Å². The molecule has 0 amide bonds. The molecule has 0 atom stereocenters. The Morgan fingerprint density at radius 2 is 2.06 bits per heavy atom. The Morgan fingerprint density at radius 3 is 2.94 bits per heavy atom. The summed E-state index contributed by atoms with van der Waals surface area (Å²) in [4.78, 5) is 15.3. The number of aromatic hydroxyl groups is 1. The van der Waals surface area contributed by atoms with Gasteiger partial charge in [0.1, 0.15) is 17.6 Å². The largest absolute Gasteiger partial charge is 0.508 e. The second-order valence-electron chi connectivity index (χ2n) is 3.37. The molecule has 5 heteroatoms. The molecule has 0 saturated heterocycles. The fourth-order valence-corrected chi connectivity index (χ4v) is 1.64. The van der Waals surface area contributed by atoms with E-state index in [1.807, 2.05) is 6.07 Å². The summed E-state index contributed by atoms with van der Waals surface area (Å²) in [5.41, 5.74) is 2.96. The highest BCUT2D eigenvalue weighted by Crippen LogP contribution is 2.25. The van der Waals surface area contributed by atoms with Crippen molar-refractivity contribution in [2.45, 2.75) is 0 Å². The molecule has 0 saturated carbocycles. The van der Waals surface area contributed by atoms with E-state index in [9.17, 15) is 5.11 Å². The predicted octanol–water partition coefficient (Wildman–Crippen LogP) is 1.73. The summed E-state index contributed by atoms with van der Waals surface area (Å²) >= 11 is 0. The lowest BCUT2D eigenvalue weighted by Gasteiger charge is -2.01. The number of aromatic nitrogens is 4. The van der Waals surface area contributed by atoms with Crippen LogP contribution in [0.5, 0.6) is 5.75 Å². The number of nitrogens with one attached hydrogen (secondary N) is 1. The van der Waals surface area contributed by atoms with Crippen molar-refractivity contribution in [1.29, 1.82) is 0 Å². The molecule has 0 spiro atoms. The number of phenolic OH excluding ortho intramolecular Hbond substituents is 1. The molecule has 78 valence electrons. The lowest BCUT2D eigenvalue weighted by Crippen LogP contribution is -1.87. The third-order valence-corrected chi connectivity index (χ3v) is 2.34. The molecule has 0 fully saturated rings. The van der Waals surface area contributed by atoms with Gasteiger partial charge in [-0.15, -0.1) is 0 Å². The van der Waals surface area contributed by atoms with Crippen LogP contribution < -0.4 is 0 Å². The number of fused-ring (bicyclic) bond motifs is 1. The van der Waals surface area contributed by atoms with E-state index in [1.165, 1.54) is 6.33 Å². The van der Waals surface area contributed by atoms with Crippen LogP contribution in [-0.2, 0) is 0 Å². The Labute approximate surface area is 90.8 Å². The van der Waals surface area contributed by atoms with Crippen LogP contribution in [-0.4, -0.2) is 25.0 Å². The van der Waals surface area contributed by atoms with Gasteiger partial charge in [0.05, 0.1) is 12.0 Å². The van der Waals surface area contributed by atoms with Gasteiger partial charge in [-0.1, -0.05) is 12.1 Å². The van der Waals surface area contributed by atoms with E-state index in [0.29, 0.717) is 5.65 Å². The number of phenols is 1. The van der Waals surface area contributed by atoms with E-state index in [-0.39, 0.29) is 5.75 Å². The number of rotatable bonds is 1. The lowest BCUT2D eigenvalue weighted by molar-refractivity contribution is 0.475. The van der Waals surface area contributed by atoms with Crippen molar-refractivity contribution in [3.05, 3.63) is 36.9 Å². The maximum Gasteiger partial charge on any atom is 0.181 e. The highest BCUT2D eigenvalue weighted by atomic mass is 16.3. The normalized spacial score (nSPS) is 10.8. The predicted molar refractivity (Wildman–Crippen MR) is 58.8 cm³/mol. The van der Waals surface area contributed by atoms with Gasteiger partial charge in [0.25, 0.3) is 0 Å². The van der Waals surface area contributed by atoms with Gasteiger partial charge in [0.2, 0.25) is 0 Å². The Morgan fingerprint density at radius 1 is 1.12 bits per heavy atom. The van der Waals surface area contributed by atoms with E-state index in [1.54, 1.807) is 24.5 Å². The van der Waals surface area contributed by atoms with Gasteiger partial charge < -0.3 is 10.1 Å². The fraction of sp³-hybridized carbons (Fsp3) is 0. The van der Waals surface area contributed by atoms with E-state index < -0.39 is 0 Å². The Hall–Kier alpha value is -2.43. The third kappa shape index (κ3) is 1.30. The van der Waals surface area contributed by atoms with E-state index in [2.05, 4.69) is 19.9 Å². The molecule has 16 heavy (non-hydrogen) atoms. The van der Waals surface area contributed by atoms with Crippen LogP contribution in [0, 0.1) is 0 Å². The molecule has 0 bridgehead atoms. The number of hydrogen-bond donors (Lipinski definition) is 2. The summed E-state index contributed by atoms with van der Waals surface area (Å²) in [7, 11) is 0. The molecule has 3 aromatic rings. The second-order valence-corrected chi connectivity index (χ2v) is 3.37. The van der Waals surface area contributed by atoms with Crippen LogP contribution >= 0.6 is 0 Å². The molecule has 0 aliphatic rings. The Bertz CT molecular complexity index is 647. The highest BCUT2D eigenvalue weighted by molar-refractivity contribution is 5.86. The van der Waals surface area contributed by atoms with Crippen LogP contribution in [0.1, 0.15) is 0 Å². The van der Waals surface area contributed by atoms with Crippen LogP contribution in [0.3, 0.4) is 0 Å². The van der Waals surface area contributed by atoms with Gasteiger partial charge in [-0.25, -0.2) is 15.0 Å². The van der Waals surface area contributed by atoms with Crippen LogP contribution in [0.15, 0.2) is 36.9 Å². The van der Waals surface area contributed by atoms with E-state index in [4.69, 9.17) is 0 Å². The summed E-state index contributed by atoms with van der Waals surface area (Å²) in [6, 6.07) is 6.93. The number of nitrogens with zero attached hydrogens (tertiary/aromatic N) is 3. The summed E-state index contributed by atoms with van der Waals surface area (Å²) in [6.07, 6.45) is 3.04. The molecule has 2 aromatic heterocycles. The smallest absolute Gasteiger partial charge is 0.181 e.